The number of amides is 1. The number of hydrogen-bond acceptors (Lipinski definition) is 4. The Morgan fingerprint density at radius 1 is 1.23 bits per heavy atom. The number of aromatic nitrogens is 1. The first-order valence-corrected chi connectivity index (χ1v) is 7.23. The highest BCUT2D eigenvalue weighted by molar-refractivity contribution is 6.02. The number of methoxy groups -OCH3 is 1. The standard InChI is InChI=1S/C15H25N3O3.ClH/c1-5-12-13(11(3)19)10(2)18-14(12)15(20)17-7-6-16-8-9-21-4;/h16,18H,5-9H2,1-4H3,(H,17,20);1H. The molecule has 6 nitrogen and oxygen atoms in total. The number of ether oxygens (including phenoxy) is 1. The average Bonchev–Trinajstić information content (AvgIpc) is 2.79. The number of ketones is 1. The third kappa shape index (κ3) is 5.44. The van der Waals surface area contributed by atoms with E-state index >= 15 is 0 Å². The number of halogens is 1. The molecule has 0 aliphatic carbocycles. The molecule has 1 heterocycles. The van der Waals surface area contributed by atoms with E-state index < -0.39 is 0 Å². The normalized spacial score (nSPS) is 10.2. The molecule has 0 aliphatic rings. The van der Waals surface area contributed by atoms with Crippen molar-refractivity contribution in [1.82, 2.24) is 15.6 Å². The zero-order valence-corrected chi connectivity index (χ0v) is 14.5. The Hall–Kier alpha value is -1.37. The summed E-state index contributed by atoms with van der Waals surface area (Å²) in [5.74, 6) is -0.183. The minimum absolute atomic E-state index is 0. The first kappa shape index (κ1) is 20.6. The van der Waals surface area contributed by atoms with Crippen molar-refractivity contribution >= 4 is 24.1 Å². The van der Waals surface area contributed by atoms with Crippen LogP contribution in [0.3, 0.4) is 0 Å². The smallest absolute Gasteiger partial charge is 0.268 e. The highest BCUT2D eigenvalue weighted by atomic mass is 35.5. The number of aryl methyl sites for hydroxylation is 1. The molecule has 0 unspecified atom stereocenters. The fourth-order valence-electron chi connectivity index (χ4n) is 2.35. The zero-order chi connectivity index (χ0) is 15.8. The van der Waals surface area contributed by atoms with Gasteiger partial charge in [0.15, 0.2) is 5.78 Å². The first-order chi connectivity index (χ1) is 10.0. The molecular weight excluding hydrogens is 306 g/mol. The van der Waals surface area contributed by atoms with Gasteiger partial charge in [-0.15, -0.1) is 12.4 Å². The maximum atomic E-state index is 12.2. The second-order valence-corrected chi connectivity index (χ2v) is 4.89. The summed E-state index contributed by atoms with van der Waals surface area (Å²) in [5.41, 5.74) is 2.69. The van der Waals surface area contributed by atoms with Crippen LogP contribution in [0.15, 0.2) is 0 Å². The maximum absolute atomic E-state index is 12.2. The van der Waals surface area contributed by atoms with E-state index in [4.69, 9.17) is 4.74 Å². The van der Waals surface area contributed by atoms with E-state index in [-0.39, 0.29) is 24.1 Å². The first-order valence-electron chi connectivity index (χ1n) is 7.23. The molecule has 0 aliphatic heterocycles. The van der Waals surface area contributed by atoms with Crippen LogP contribution in [-0.2, 0) is 11.2 Å². The van der Waals surface area contributed by atoms with Crippen molar-refractivity contribution in [2.75, 3.05) is 33.4 Å². The number of aromatic amines is 1. The lowest BCUT2D eigenvalue weighted by atomic mass is 10.0. The van der Waals surface area contributed by atoms with Crippen LogP contribution in [0.25, 0.3) is 0 Å². The third-order valence-corrected chi connectivity index (χ3v) is 3.29. The van der Waals surface area contributed by atoms with E-state index in [1.165, 1.54) is 6.92 Å². The Morgan fingerprint density at radius 2 is 1.91 bits per heavy atom. The molecule has 1 amide bonds. The molecule has 1 aromatic rings. The van der Waals surface area contributed by atoms with Crippen molar-refractivity contribution in [3.8, 4) is 0 Å². The van der Waals surface area contributed by atoms with Crippen LogP contribution in [0.4, 0.5) is 0 Å². The van der Waals surface area contributed by atoms with Crippen LogP contribution >= 0.6 is 12.4 Å². The summed E-state index contributed by atoms with van der Waals surface area (Å²) in [5, 5.41) is 6.00. The molecule has 22 heavy (non-hydrogen) atoms. The van der Waals surface area contributed by atoms with Crippen LogP contribution in [0.2, 0.25) is 0 Å². The fraction of sp³-hybridized carbons (Fsp3) is 0.600. The Bertz CT molecular complexity index is 500. The molecule has 126 valence electrons. The molecule has 3 N–H and O–H groups in total. The van der Waals surface area contributed by atoms with Crippen molar-refractivity contribution in [3.63, 3.8) is 0 Å². The molecule has 1 aromatic heterocycles. The molecule has 0 fully saturated rings. The van der Waals surface area contributed by atoms with Gasteiger partial charge < -0.3 is 20.4 Å². The molecule has 7 heteroatoms. The summed E-state index contributed by atoms with van der Waals surface area (Å²) in [7, 11) is 1.65. The van der Waals surface area contributed by atoms with E-state index in [1.807, 2.05) is 13.8 Å². The van der Waals surface area contributed by atoms with E-state index in [1.54, 1.807) is 7.11 Å². The Balaban J connectivity index is 0.00000441. The number of Topliss-reactive ketones (excluding diaryl/α,β-unsaturated/α-hetero) is 1. The average molecular weight is 332 g/mol. The second-order valence-electron chi connectivity index (χ2n) is 4.89. The molecule has 0 aromatic carbocycles. The van der Waals surface area contributed by atoms with Crippen molar-refractivity contribution < 1.29 is 14.3 Å². The van der Waals surface area contributed by atoms with Gasteiger partial charge in [-0.3, -0.25) is 9.59 Å². The Morgan fingerprint density at radius 3 is 2.45 bits per heavy atom. The Kier molecular flexibility index (Phi) is 9.73. The van der Waals surface area contributed by atoms with Crippen molar-refractivity contribution in [1.29, 1.82) is 0 Å². The van der Waals surface area contributed by atoms with Gasteiger partial charge in [-0.25, -0.2) is 0 Å². The predicted molar refractivity (Wildman–Crippen MR) is 89.2 cm³/mol. The summed E-state index contributed by atoms with van der Waals surface area (Å²) in [6.45, 7) is 7.89. The van der Waals surface area contributed by atoms with Crippen molar-refractivity contribution in [2.24, 2.45) is 0 Å². The molecule has 0 radical (unpaired) electrons. The summed E-state index contributed by atoms with van der Waals surface area (Å²) in [6.07, 6.45) is 0.647. The van der Waals surface area contributed by atoms with Gasteiger partial charge in [0, 0.05) is 38.0 Å². The number of carbonyl (C=O) groups is 2. The summed E-state index contributed by atoms with van der Waals surface area (Å²) >= 11 is 0. The molecule has 0 saturated heterocycles. The van der Waals surface area contributed by atoms with E-state index in [0.717, 1.165) is 17.8 Å². The maximum Gasteiger partial charge on any atom is 0.268 e. The van der Waals surface area contributed by atoms with Gasteiger partial charge in [0.2, 0.25) is 0 Å². The van der Waals surface area contributed by atoms with Crippen molar-refractivity contribution in [3.05, 3.63) is 22.5 Å². The van der Waals surface area contributed by atoms with Gasteiger partial charge in [0.05, 0.1) is 6.61 Å². The molecular formula is C15H26ClN3O3. The highest BCUT2D eigenvalue weighted by Crippen LogP contribution is 2.20. The van der Waals surface area contributed by atoms with E-state index in [9.17, 15) is 9.59 Å². The minimum Gasteiger partial charge on any atom is -0.383 e. The van der Waals surface area contributed by atoms with Crippen molar-refractivity contribution in [2.45, 2.75) is 27.2 Å². The number of hydrogen-bond donors (Lipinski definition) is 3. The van der Waals surface area contributed by atoms with E-state index in [0.29, 0.717) is 37.4 Å². The number of rotatable bonds is 9. The third-order valence-electron chi connectivity index (χ3n) is 3.29. The van der Waals surface area contributed by atoms with Crippen LogP contribution in [-0.4, -0.2) is 50.0 Å². The minimum atomic E-state index is -0.170. The summed E-state index contributed by atoms with van der Waals surface area (Å²) < 4.78 is 4.92. The Labute approximate surface area is 137 Å². The van der Waals surface area contributed by atoms with Crippen LogP contribution in [0.1, 0.15) is 46.0 Å². The van der Waals surface area contributed by atoms with Crippen LogP contribution in [0, 0.1) is 6.92 Å². The lowest BCUT2D eigenvalue weighted by molar-refractivity contribution is 0.0948. The summed E-state index contributed by atoms with van der Waals surface area (Å²) in [6, 6.07) is 0. The number of carbonyl (C=O) groups excluding carboxylic acids is 2. The van der Waals surface area contributed by atoms with Gasteiger partial charge >= 0.3 is 0 Å². The summed E-state index contributed by atoms with van der Waals surface area (Å²) in [4.78, 5) is 26.9. The van der Waals surface area contributed by atoms with Crippen LogP contribution in [0.5, 0.6) is 0 Å². The van der Waals surface area contributed by atoms with E-state index in [2.05, 4.69) is 15.6 Å². The molecule has 0 spiro atoms. The van der Waals surface area contributed by atoms with Gasteiger partial charge in [0.1, 0.15) is 5.69 Å². The van der Waals surface area contributed by atoms with Gasteiger partial charge in [-0.2, -0.15) is 0 Å². The van der Waals surface area contributed by atoms with Crippen LogP contribution < -0.4 is 10.6 Å². The van der Waals surface area contributed by atoms with Gasteiger partial charge in [-0.1, -0.05) is 6.92 Å². The van der Waals surface area contributed by atoms with Gasteiger partial charge in [0.25, 0.3) is 5.91 Å². The fourth-order valence-corrected chi connectivity index (χ4v) is 2.35. The highest BCUT2D eigenvalue weighted by Gasteiger charge is 2.21. The zero-order valence-electron chi connectivity index (χ0n) is 13.7. The number of H-pyrrole nitrogens is 1. The number of nitrogens with one attached hydrogen (secondary N) is 3. The molecule has 0 atom stereocenters. The lowest BCUT2D eigenvalue weighted by Crippen LogP contribution is -2.33. The monoisotopic (exact) mass is 331 g/mol. The molecule has 0 bridgehead atoms. The SMILES string of the molecule is CCc1c(C(=O)NCCNCCOC)[nH]c(C)c1C(C)=O.Cl. The molecule has 1 rings (SSSR count). The topological polar surface area (TPSA) is 83.2 Å². The van der Waals surface area contributed by atoms with Gasteiger partial charge in [-0.05, 0) is 25.8 Å². The quantitative estimate of drug-likeness (QED) is 0.473. The lowest BCUT2D eigenvalue weighted by Gasteiger charge is -2.07. The molecule has 0 saturated carbocycles. The predicted octanol–water partition coefficient (Wildman–Crippen LogP) is 1.48. The second kappa shape index (κ2) is 10.4. The largest absolute Gasteiger partial charge is 0.383 e.